The number of aromatic amines is 1. The monoisotopic (exact) mass is 528 g/mol. The van der Waals surface area contributed by atoms with Crippen molar-refractivity contribution in [1.29, 1.82) is 0 Å². The van der Waals surface area contributed by atoms with Crippen LogP contribution in [-0.2, 0) is 6.54 Å². The highest BCUT2D eigenvalue weighted by Crippen LogP contribution is 2.33. The Labute approximate surface area is 234 Å². The topological polar surface area (TPSA) is 71.9 Å². The van der Waals surface area contributed by atoms with E-state index in [1.54, 1.807) is 18.0 Å². The van der Waals surface area contributed by atoms with Crippen molar-refractivity contribution >= 4 is 33.9 Å². The summed E-state index contributed by atoms with van der Waals surface area (Å²) >= 11 is 0. The van der Waals surface area contributed by atoms with Crippen molar-refractivity contribution in [3.8, 4) is 5.88 Å². The third-order valence-electron chi connectivity index (χ3n) is 7.54. The van der Waals surface area contributed by atoms with Crippen molar-refractivity contribution in [3.05, 3.63) is 125 Å². The Bertz CT molecular complexity index is 1650. The van der Waals surface area contributed by atoms with E-state index in [0.29, 0.717) is 16.8 Å². The van der Waals surface area contributed by atoms with E-state index in [2.05, 4.69) is 22.0 Å². The Kier molecular flexibility index (Phi) is 7.17. The van der Waals surface area contributed by atoms with Gasteiger partial charge in [-0.05, 0) is 74.0 Å². The molecule has 5 aromatic rings. The van der Waals surface area contributed by atoms with Crippen molar-refractivity contribution in [2.24, 2.45) is 4.99 Å². The molecule has 1 saturated heterocycles. The SMILES string of the molecule is CN(C(=O)c1ccc2[nH]c(O)c(C(=Nc3ccc(CN4CCCC4)cc3)c3ccccc3)c2c1)c1ccccc1. The first-order valence-corrected chi connectivity index (χ1v) is 13.7. The minimum absolute atomic E-state index is 0.0178. The first-order chi connectivity index (χ1) is 19.6. The van der Waals surface area contributed by atoms with Crippen LogP contribution in [0.15, 0.2) is 108 Å². The van der Waals surface area contributed by atoms with Gasteiger partial charge in [0.25, 0.3) is 5.91 Å². The lowest BCUT2D eigenvalue weighted by Crippen LogP contribution is -2.26. The predicted molar refractivity (Wildman–Crippen MR) is 162 cm³/mol. The average Bonchev–Trinajstić information content (AvgIpc) is 3.63. The molecule has 4 aromatic carbocycles. The maximum Gasteiger partial charge on any atom is 0.258 e. The Morgan fingerprint density at radius 3 is 2.25 bits per heavy atom. The number of hydrogen-bond acceptors (Lipinski definition) is 4. The zero-order chi connectivity index (χ0) is 27.5. The van der Waals surface area contributed by atoms with Crippen molar-refractivity contribution in [2.45, 2.75) is 19.4 Å². The van der Waals surface area contributed by atoms with Gasteiger partial charge in [-0.2, -0.15) is 0 Å². The van der Waals surface area contributed by atoms with Gasteiger partial charge in [-0.1, -0.05) is 60.7 Å². The third-order valence-corrected chi connectivity index (χ3v) is 7.54. The molecule has 0 bridgehead atoms. The number of nitrogens with zero attached hydrogens (tertiary/aromatic N) is 3. The van der Waals surface area contributed by atoms with Crippen LogP contribution in [0, 0.1) is 0 Å². The Morgan fingerprint density at radius 2 is 1.55 bits per heavy atom. The average molecular weight is 529 g/mol. The van der Waals surface area contributed by atoms with Gasteiger partial charge in [0.2, 0.25) is 0 Å². The molecule has 0 spiro atoms. The number of rotatable bonds is 7. The standard InChI is InChI=1S/C34H32N4O2/c1-37(28-12-6-3-7-13-28)34(40)26-16-19-30-29(22-26)31(33(39)36-30)32(25-10-4-2-5-11-25)35-27-17-14-24(15-18-27)23-38-20-8-9-21-38/h2-7,10-19,22,36,39H,8-9,20-21,23H2,1H3. The lowest BCUT2D eigenvalue weighted by molar-refractivity contribution is 0.0993. The number of nitrogens with one attached hydrogen (secondary N) is 1. The minimum Gasteiger partial charge on any atom is -0.494 e. The fraction of sp³-hybridized carbons (Fsp3) is 0.176. The molecule has 6 nitrogen and oxygen atoms in total. The van der Waals surface area contributed by atoms with Crippen LogP contribution in [0.25, 0.3) is 10.9 Å². The molecule has 2 N–H and O–H groups in total. The molecular weight excluding hydrogens is 496 g/mol. The number of amides is 1. The van der Waals surface area contributed by atoms with Gasteiger partial charge in [-0.3, -0.25) is 9.69 Å². The largest absolute Gasteiger partial charge is 0.494 e. The highest BCUT2D eigenvalue weighted by atomic mass is 16.3. The lowest BCUT2D eigenvalue weighted by atomic mass is 9.99. The highest BCUT2D eigenvalue weighted by Gasteiger charge is 2.21. The summed E-state index contributed by atoms with van der Waals surface area (Å²) < 4.78 is 0. The zero-order valence-corrected chi connectivity index (χ0v) is 22.5. The normalized spacial score (nSPS) is 14.1. The van der Waals surface area contributed by atoms with Gasteiger partial charge in [0.1, 0.15) is 0 Å². The number of para-hydroxylation sites is 1. The Hall–Kier alpha value is -4.68. The first-order valence-electron chi connectivity index (χ1n) is 13.7. The molecule has 0 aliphatic carbocycles. The Morgan fingerprint density at radius 1 is 0.875 bits per heavy atom. The molecule has 0 atom stereocenters. The second-order valence-corrected chi connectivity index (χ2v) is 10.3. The molecule has 6 rings (SSSR count). The van der Waals surface area contributed by atoms with E-state index in [0.717, 1.165) is 47.5 Å². The summed E-state index contributed by atoms with van der Waals surface area (Å²) in [5.41, 5.74) is 6.21. The van der Waals surface area contributed by atoms with Gasteiger partial charge in [0.15, 0.2) is 5.88 Å². The van der Waals surface area contributed by atoms with Gasteiger partial charge in [0.05, 0.1) is 17.0 Å². The van der Waals surface area contributed by atoms with Crippen molar-refractivity contribution in [2.75, 3.05) is 25.0 Å². The third kappa shape index (κ3) is 5.26. The molecule has 2 heterocycles. The molecular formula is C34H32N4O2. The smallest absolute Gasteiger partial charge is 0.258 e. The van der Waals surface area contributed by atoms with Crippen LogP contribution in [0.5, 0.6) is 5.88 Å². The number of carbonyl (C=O) groups excluding carboxylic acids is 1. The van der Waals surface area contributed by atoms with E-state index in [1.165, 1.54) is 18.4 Å². The van der Waals surface area contributed by atoms with Gasteiger partial charge in [0, 0.05) is 41.3 Å². The molecule has 1 aliphatic rings. The quantitative estimate of drug-likeness (QED) is 0.225. The fourth-order valence-corrected chi connectivity index (χ4v) is 5.38. The maximum atomic E-state index is 13.4. The first kappa shape index (κ1) is 25.6. The van der Waals surface area contributed by atoms with E-state index >= 15 is 0 Å². The summed E-state index contributed by atoms with van der Waals surface area (Å²) in [5.74, 6) is -0.115. The number of carbonyl (C=O) groups is 1. The second-order valence-electron chi connectivity index (χ2n) is 10.3. The van der Waals surface area contributed by atoms with Crippen LogP contribution < -0.4 is 4.90 Å². The van der Waals surface area contributed by atoms with Gasteiger partial charge >= 0.3 is 0 Å². The van der Waals surface area contributed by atoms with Crippen LogP contribution >= 0.6 is 0 Å². The van der Waals surface area contributed by atoms with Crippen LogP contribution in [0.4, 0.5) is 11.4 Å². The van der Waals surface area contributed by atoms with Gasteiger partial charge in [-0.25, -0.2) is 4.99 Å². The molecule has 0 radical (unpaired) electrons. The van der Waals surface area contributed by atoms with Crippen LogP contribution in [0.1, 0.15) is 39.9 Å². The number of aliphatic imine (C=N–C) groups is 1. The zero-order valence-electron chi connectivity index (χ0n) is 22.5. The van der Waals surface area contributed by atoms with Crippen molar-refractivity contribution in [1.82, 2.24) is 9.88 Å². The van der Waals surface area contributed by atoms with E-state index in [-0.39, 0.29) is 11.8 Å². The molecule has 200 valence electrons. The minimum atomic E-state index is -0.133. The van der Waals surface area contributed by atoms with E-state index < -0.39 is 0 Å². The molecule has 1 aromatic heterocycles. The highest BCUT2D eigenvalue weighted by molar-refractivity contribution is 6.22. The van der Waals surface area contributed by atoms with Crippen LogP contribution in [-0.4, -0.2) is 46.7 Å². The van der Waals surface area contributed by atoms with E-state index in [1.807, 2.05) is 84.9 Å². The molecule has 0 unspecified atom stereocenters. The van der Waals surface area contributed by atoms with Crippen molar-refractivity contribution in [3.63, 3.8) is 0 Å². The van der Waals surface area contributed by atoms with Crippen molar-refractivity contribution < 1.29 is 9.90 Å². The number of benzene rings is 4. The van der Waals surface area contributed by atoms with Gasteiger partial charge < -0.3 is 15.0 Å². The van der Waals surface area contributed by atoms with E-state index in [9.17, 15) is 9.90 Å². The molecule has 0 saturated carbocycles. The maximum absolute atomic E-state index is 13.4. The summed E-state index contributed by atoms with van der Waals surface area (Å²) in [5, 5.41) is 11.9. The van der Waals surface area contributed by atoms with Gasteiger partial charge in [-0.15, -0.1) is 0 Å². The predicted octanol–water partition coefficient (Wildman–Crippen LogP) is 6.92. The van der Waals surface area contributed by atoms with Crippen LogP contribution in [0.2, 0.25) is 0 Å². The molecule has 1 aliphatic heterocycles. The number of H-pyrrole nitrogens is 1. The Balaban J connectivity index is 1.40. The second kappa shape index (κ2) is 11.2. The number of fused-ring (bicyclic) bond motifs is 1. The number of aromatic hydroxyl groups is 1. The fourth-order valence-electron chi connectivity index (χ4n) is 5.38. The summed E-state index contributed by atoms with van der Waals surface area (Å²) in [7, 11) is 1.77. The molecule has 1 fully saturated rings. The summed E-state index contributed by atoms with van der Waals surface area (Å²) in [6.07, 6.45) is 2.54. The summed E-state index contributed by atoms with van der Waals surface area (Å²) in [4.78, 5) is 25.6. The van der Waals surface area contributed by atoms with Crippen LogP contribution in [0.3, 0.4) is 0 Å². The molecule has 1 amide bonds. The van der Waals surface area contributed by atoms with E-state index in [4.69, 9.17) is 4.99 Å². The summed E-state index contributed by atoms with van der Waals surface area (Å²) in [6.45, 7) is 3.26. The number of aromatic nitrogens is 1. The number of likely N-dealkylation sites (tertiary alicyclic amines) is 1. The molecule has 6 heteroatoms. The number of hydrogen-bond donors (Lipinski definition) is 2. The number of anilines is 1. The summed E-state index contributed by atoms with van der Waals surface area (Å²) in [6, 6.07) is 33.2. The molecule has 40 heavy (non-hydrogen) atoms. The lowest BCUT2D eigenvalue weighted by Gasteiger charge is -2.17.